The van der Waals surface area contributed by atoms with Crippen LogP contribution >= 0.6 is 0 Å². The Morgan fingerprint density at radius 1 is 1.12 bits per heavy atom. The van der Waals surface area contributed by atoms with Crippen LogP contribution in [0, 0.1) is 12.8 Å². The molecule has 2 heterocycles. The molecule has 1 aromatic rings. The van der Waals surface area contributed by atoms with Crippen molar-refractivity contribution < 1.29 is 9.59 Å². The third-order valence-corrected chi connectivity index (χ3v) is 6.02. The van der Waals surface area contributed by atoms with Gasteiger partial charge >= 0.3 is 0 Å². The second-order valence-corrected chi connectivity index (χ2v) is 8.21. The lowest BCUT2D eigenvalue weighted by Gasteiger charge is -2.32. The van der Waals surface area contributed by atoms with E-state index >= 15 is 0 Å². The Morgan fingerprint density at radius 3 is 2.46 bits per heavy atom. The van der Waals surface area contributed by atoms with Crippen LogP contribution in [0.2, 0.25) is 0 Å². The predicted molar refractivity (Wildman–Crippen MR) is 100 cm³/mol. The number of aryl methyl sites for hydroxylation is 1. The molecule has 3 aliphatic rings. The third-order valence-electron chi connectivity index (χ3n) is 6.02. The quantitative estimate of drug-likeness (QED) is 0.880. The number of rotatable bonds is 5. The minimum Gasteiger partial charge on any atom is -0.353 e. The summed E-state index contributed by atoms with van der Waals surface area (Å²) in [6.45, 7) is 5.39. The molecule has 1 saturated carbocycles. The molecule has 2 aliphatic heterocycles. The van der Waals surface area contributed by atoms with E-state index in [1.165, 1.54) is 18.4 Å². The summed E-state index contributed by atoms with van der Waals surface area (Å²) in [6.07, 6.45) is 5.11. The van der Waals surface area contributed by atoms with Crippen molar-refractivity contribution in [1.82, 2.24) is 15.1 Å². The number of hydrogen-bond acceptors (Lipinski definition) is 3. The third kappa shape index (κ3) is 4.09. The standard InChI is InChI=1S/C21H29N3O2/c1-15-2-4-16(5-3-15)13-24-14-17(12-20(24)25)21(26)22-18-8-10-23(11-9-18)19-6-7-19/h2-5,17-19H,6-14H2,1H3,(H,22,26). The van der Waals surface area contributed by atoms with Crippen molar-refractivity contribution in [2.75, 3.05) is 19.6 Å². The lowest BCUT2D eigenvalue weighted by molar-refractivity contribution is -0.129. The van der Waals surface area contributed by atoms with E-state index in [0.717, 1.165) is 37.5 Å². The zero-order valence-electron chi connectivity index (χ0n) is 15.6. The molecule has 1 N–H and O–H groups in total. The number of nitrogens with one attached hydrogen (secondary N) is 1. The second-order valence-electron chi connectivity index (χ2n) is 8.21. The van der Waals surface area contributed by atoms with Gasteiger partial charge in [0, 0.05) is 44.7 Å². The van der Waals surface area contributed by atoms with Crippen LogP contribution in [0.15, 0.2) is 24.3 Å². The number of piperidine rings is 1. The minimum atomic E-state index is -0.200. The molecular weight excluding hydrogens is 326 g/mol. The Balaban J connectivity index is 1.26. The van der Waals surface area contributed by atoms with E-state index in [2.05, 4.69) is 41.4 Å². The molecule has 0 spiro atoms. The van der Waals surface area contributed by atoms with E-state index in [0.29, 0.717) is 19.5 Å². The lowest BCUT2D eigenvalue weighted by atomic mass is 10.0. The number of amides is 2. The molecule has 0 bridgehead atoms. The Morgan fingerprint density at radius 2 is 1.81 bits per heavy atom. The molecule has 1 aliphatic carbocycles. The van der Waals surface area contributed by atoms with Gasteiger partial charge in [0.25, 0.3) is 0 Å². The molecule has 140 valence electrons. The van der Waals surface area contributed by atoms with Gasteiger partial charge in [-0.25, -0.2) is 0 Å². The first-order valence-corrected chi connectivity index (χ1v) is 9.96. The van der Waals surface area contributed by atoms with Gasteiger partial charge in [0.15, 0.2) is 0 Å². The monoisotopic (exact) mass is 355 g/mol. The number of hydrogen-bond donors (Lipinski definition) is 1. The average molecular weight is 355 g/mol. The van der Waals surface area contributed by atoms with Gasteiger partial charge < -0.3 is 15.1 Å². The Kier molecular flexibility index (Phi) is 4.98. The Bertz CT molecular complexity index is 660. The van der Waals surface area contributed by atoms with Crippen molar-refractivity contribution in [3.63, 3.8) is 0 Å². The van der Waals surface area contributed by atoms with E-state index in [9.17, 15) is 9.59 Å². The maximum Gasteiger partial charge on any atom is 0.225 e. The van der Waals surface area contributed by atoms with Gasteiger partial charge in [-0.15, -0.1) is 0 Å². The summed E-state index contributed by atoms with van der Waals surface area (Å²) in [7, 11) is 0. The van der Waals surface area contributed by atoms with Crippen molar-refractivity contribution in [3.05, 3.63) is 35.4 Å². The van der Waals surface area contributed by atoms with Crippen LogP contribution in [0.25, 0.3) is 0 Å². The highest BCUT2D eigenvalue weighted by Crippen LogP contribution is 2.29. The molecule has 0 aromatic heterocycles. The molecule has 1 unspecified atom stereocenters. The van der Waals surface area contributed by atoms with Crippen molar-refractivity contribution in [1.29, 1.82) is 0 Å². The number of carbonyl (C=O) groups excluding carboxylic acids is 2. The molecule has 1 atom stereocenters. The first kappa shape index (κ1) is 17.5. The highest BCUT2D eigenvalue weighted by molar-refractivity contribution is 5.89. The fraction of sp³-hybridized carbons (Fsp3) is 0.619. The van der Waals surface area contributed by atoms with Gasteiger partial charge in [0.05, 0.1) is 5.92 Å². The molecule has 5 nitrogen and oxygen atoms in total. The van der Waals surface area contributed by atoms with Crippen molar-refractivity contribution in [3.8, 4) is 0 Å². The summed E-state index contributed by atoms with van der Waals surface area (Å²) in [5, 5.41) is 3.21. The van der Waals surface area contributed by atoms with Crippen LogP contribution in [0.5, 0.6) is 0 Å². The summed E-state index contributed by atoms with van der Waals surface area (Å²) in [5.41, 5.74) is 2.34. The molecule has 1 aromatic carbocycles. The van der Waals surface area contributed by atoms with Crippen LogP contribution in [0.4, 0.5) is 0 Å². The molecular formula is C21H29N3O2. The molecule has 26 heavy (non-hydrogen) atoms. The topological polar surface area (TPSA) is 52.7 Å². The molecule has 4 rings (SSSR count). The molecule has 2 saturated heterocycles. The number of nitrogens with zero attached hydrogens (tertiary/aromatic N) is 2. The van der Waals surface area contributed by atoms with Gasteiger partial charge in [-0.3, -0.25) is 9.59 Å². The van der Waals surface area contributed by atoms with Crippen LogP contribution in [0.1, 0.15) is 43.2 Å². The molecule has 0 radical (unpaired) electrons. The van der Waals surface area contributed by atoms with Crippen molar-refractivity contribution in [2.45, 2.75) is 57.7 Å². The van der Waals surface area contributed by atoms with E-state index in [4.69, 9.17) is 0 Å². The Hall–Kier alpha value is -1.88. The number of carbonyl (C=O) groups is 2. The molecule has 2 amide bonds. The Labute approximate surface area is 155 Å². The lowest BCUT2D eigenvalue weighted by Crippen LogP contribution is -2.47. The van der Waals surface area contributed by atoms with E-state index < -0.39 is 0 Å². The second kappa shape index (κ2) is 7.39. The normalized spacial score (nSPS) is 24.9. The van der Waals surface area contributed by atoms with Crippen LogP contribution in [-0.2, 0) is 16.1 Å². The highest BCUT2D eigenvalue weighted by Gasteiger charge is 2.36. The van der Waals surface area contributed by atoms with E-state index in [1.54, 1.807) is 0 Å². The predicted octanol–water partition coefficient (Wildman–Crippen LogP) is 2.09. The first-order valence-electron chi connectivity index (χ1n) is 9.96. The maximum absolute atomic E-state index is 12.6. The summed E-state index contributed by atoms with van der Waals surface area (Å²) in [4.78, 5) is 29.3. The van der Waals surface area contributed by atoms with Crippen molar-refractivity contribution >= 4 is 11.8 Å². The molecule has 3 fully saturated rings. The fourth-order valence-electron chi connectivity index (χ4n) is 4.18. The van der Waals surface area contributed by atoms with Gasteiger partial charge in [-0.2, -0.15) is 0 Å². The molecule has 5 heteroatoms. The average Bonchev–Trinajstić information content (AvgIpc) is 3.42. The summed E-state index contributed by atoms with van der Waals surface area (Å²) < 4.78 is 0. The van der Waals surface area contributed by atoms with Gasteiger partial charge in [0.1, 0.15) is 0 Å². The highest BCUT2D eigenvalue weighted by atomic mass is 16.2. The summed E-state index contributed by atoms with van der Waals surface area (Å²) in [5.74, 6) is -0.0432. The summed E-state index contributed by atoms with van der Waals surface area (Å²) in [6, 6.07) is 9.34. The summed E-state index contributed by atoms with van der Waals surface area (Å²) >= 11 is 0. The van der Waals surface area contributed by atoms with Crippen molar-refractivity contribution in [2.24, 2.45) is 5.92 Å². The van der Waals surface area contributed by atoms with Crippen LogP contribution in [-0.4, -0.2) is 53.3 Å². The van der Waals surface area contributed by atoms with Gasteiger partial charge in [0.2, 0.25) is 11.8 Å². The maximum atomic E-state index is 12.6. The van der Waals surface area contributed by atoms with E-state index in [-0.39, 0.29) is 23.8 Å². The minimum absolute atomic E-state index is 0.0645. The fourth-order valence-corrected chi connectivity index (χ4v) is 4.18. The van der Waals surface area contributed by atoms with Gasteiger partial charge in [-0.1, -0.05) is 29.8 Å². The first-order chi connectivity index (χ1) is 12.6. The number of benzene rings is 1. The SMILES string of the molecule is Cc1ccc(CN2CC(C(=O)NC3CCN(C4CC4)CC3)CC2=O)cc1. The largest absolute Gasteiger partial charge is 0.353 e. The zero-order valence-corrected chi connectivity index (χ0v) is 15.6. The zero-order chi connectivity index (χ0) is 18.1. The smallest absolute Gasteiger partial charge is 0.225 e. The van der Waals surface area contributed by atoms with E-state index in [1.807, 2.05) is 4.90 Å². The number of likely N-dealkylation sites (tertiary alicyclic amines) is 2. The van der Waals surface area contributed by atoms with Crippen LogP contribution < -0.4 is 5.32 Å². The van der Waals surface area contributed by atoms with Crippen LogP contribution in [0.3, 0.4) is 0 Å². The van der Waals surface area contributed by atoms with Gasteiger partial charge in [-0.05, 0) is 38.2 Å².